The van der Waals surface area contributed by atoms with Crippen molar-refractivity contribution in [1.82, 2.24) is 19.7 Å². The van der Waals surface area contributed by atoms with Gasteiger partial charge >= 0.3 is 12.0 Å². The number of aryl methyl sites for hydroxylation is 1. The molecule has 0 radical (unpaired) electrons. The van der Waals surface area contributed by atoms with Crippen LogP contribution in [0, 0.1) is 5.92 Å². The maximum Gasteiger partial charge on any atom is 0.335 e. The van der Waals surface area contributed by atoms with Gasteiger partial charge in [0.15, 0.2) is 0 Å². The highest BCUT2D eigenvalue weighted by atomic mass is 16.5. The van der Waals surface area contributed by atoms with Crippen LogP contribution >= 0.6 is 0 Å². The molecule has 1 saturated carbocycles. The van der Waals surface area contributed by atoms with Crippen molar-refractivity contribution in [2.75, 3.05) is 19.6 Å². The molecule has 3 aliphatic rings. The Kier molecular flexibility index (Phi) is 8.94. The zero-order chi connectivity index (χ0) is 28.2. The number of benzene rings is 1. The van der Waals surface area contributed by atoms with E-state index < -0.39 is 5.97 Å². The van der Waals surface area contributed by atoms with Gasteiger partial charge in [0.1, 0.15) is 5.75 Å². The molecule has 2 aromatic rings. The number of carbonyl (C=O) groups is 2. The van der Waals surface area contributed by atoms with Crippen molar-refractivity contribution in [1.29, 1.82) is 0 Å². The van der Waals surface area contributed by atoms with Gasteiger partial charge in [-0.3, -0.25) is 4.90 Å². The minimum atomic E-state index is -0.959. The summed E-state index contributed by atoms with van der Waals surface area (Å²) in [5.74, 6) is 0.700. The number of piperidine rings is 1. The van der Waals surface area contributed by atoms with Crippen molar-refractivity contribution in [3.8, 4) is 11.6 Å². The molecule has 1 atom stereocenters. The Bertz CT molecular complexity index is 1170. The first kappa shape index (κ1) is 28.4. The number of rotatable bonds is 10. The average molecular weight is 549 g/mol. The maximum atomic E-state index is 13.6. The second-order valence-corrected chi connectivity index (χ2v) is 12.1. The number of pyridine rings is 1. The molecule has 1 aromatic carbocycles. The predicted molar refractivity (Wildman–Crippen MR) is 155 cm³/mol. The molecule has 0 spiro atoms. The average Bonchev–Trinajstić information content (AvgIpc) is 3.58. The highest BCUT2D eigenvalue weighted by Gasteiger charge is 2.44. The molecule has 0 bridgehead atoms. The van der Waals surface area contributed by atoms with Gasteiger partial charge in [0, 0.05) is 50.0 Å². The molecular weight excluding hydrogens is 504 g/mol. The second-order valence-electron chi connectivity index (χ2n) is 12.1. The van der Waals surface area contributed by atoms with Crippen LogP contribution in [0.15, 0.2) is 36.4 Å². The highest BCUT2D eigenvalue weighted by molar-refractivity contribution is 5.87. The molecule has 2 amide bonds. The topological polar surface area (TPSA) is 86.2 Å². The molecule has 8 nitrogen and oxygen atoms in total. The monoisotopic (exact) mass is 548 g/mol. The number of carboxylic acids is 1. The molecule has 216 valence electrons. The predicted octanol–water partition coefficient (Wildman–Crippen LogP) is 6.19. The largest absolute Gasteiger partial charge is 0.478 e. The number of hydrogen-bond donors (Lipinski definition) is 1. The number of carboxylic acid groups (broad SMARTS) is 1. The summed E-state index contributed by atoms with van der Waals surface area (Å²) in [5.41, 5.74) is 2.45. The first-order valence-electron chi connectivity index (χ1n) is 15.1. The Morgan fingerprint density at radius 1 is 1.02 bits per heavy atom. The van der Waals surface area contributed by atoms with E-state index >= 15 is 0 Å². The van der Waals surface area contributed by atoms with Crippen LogP contribution in [-0.2, 0) is 13.0 Å². The Balaban J connectivity index is 1.19. The summed E-state index contributed by atoms with van der Waals surface area (Å²) in [6.45, 7) is 10.3. The lowest BCUT2D eigenvalue weighted by Gasteiger charge is -2.39. The van der Waals surface area contributed by atoms with Crippen LogP contribution in [0.2, 0.25) is 0 Å². The van der Waals surface area contributed by atoms with E-state index in [0.29, 0.717) is 41.7 Å². The van der Waals surface area contributed by atoms with Gasteiger partial charge in [0.2, 0.25) is 5.88 Å². The van der Waals surface area contributed by atoms with E-state index in [1.54, 1.807) is 12.1 Å². The number of aromatic carboxylic acids is 1. The normalized spacial score (nSPS) is 21.1. The first-order chi connectivity index (χ1) is 19.3. The van der Waals surface area contributed by atoms with E-state index in [0.717, 1.165) is 57.6 Å². The summed E-state index contributed by atoms with van der Waals surface area (Å²) >= 11 is 0. The lowest BCUT2D eigenvalue weighted by Crippen LogP contribution is -2.49. The van der Waals surface area contributed by atoms with Gasteiger partial charge in [-0.25, -0.2) is 14.6 Å². The van der Waals surface area contributed by atoms with Crippen LogP contribution < -0.4 is 4.74 Å². The molecule has 2 saturated heterocycles. The molecule has 2 aliphatic heterocycles. The molecule has 0 unspecified atom stereocenters. The van der Waals surface area contributed by atoms with Crippen molar-refractivity contribution in [3.05, 3.63) is 53.2 Å². The zero-order valence-electron chi connectivity index (χ0n) is 24.2. The van der Waals surface area contributed by atoms with Crippen molar-refractivity contribution in [2.24, 2.45) is 5.92 Å². The summed E-state index contributed by atoms with van der Waals surface area (Å²) in [6, 6.07) is 11.8. The lowest BCUT2D eigenvalue weighted by molar-refractivity contribution is 0.0696. The number of amides is 2. The molecule has 1 aromatic heterocycles. The van der Waals surface area contributed by atoms with Crippen LogP contribution in [-0.4, -0.2) is 74.6 Å². The molecule has 5 rings (SSSR count). The number of urea groups is 1. The number of ether oxygens (including phenoxy) is 1. The fourth-order valence-corrected chi connectivity index (χ4v) is 6.81. The van der Waals surface area contributed by atoms with Crippen LogP contribution in [0.1, 0.15) is 87.3 Å². The fraction of sp³-hybridized carbons (Fsp3) is 0.594. The van der Waals surface area contributed by atoms with Gasteiger partial charge in [-0.15, -0.1) is 0 Å². The summed E-state index contributed by atoms with van der Waals surface area (Å²) in [6.07, 6.45) is 8.76. The van der Waals surface area contributed by atoms with Crippen LogP contribution in [0.4, 0.5) is 4.79 Å². The van der Waals surface area contributed by atoms with E-state index in [-0.39, 0.29) is 5.56 Å². The zero-order valence-corrected chi connectivity index (χ0v) is 24.2. The number of likely N-dealkylation sites (tertiary alicyclic amines) is 1. The third-order valence-corrected chi connectivity index (χ3v) is 8.82. The highest BCUT2D eigenvalue weighted by Crippen LogP contribution is 2.34. The number of hydrogen-bond acceptors (Lipinski definition) is 5. The Labute approximate surface area is 238 Å². The maximum absolute atomic E-state index is 13.6. The Hall–Kier alpha value is -3.13. The summed E-state index contributed by atoms with van der Waals surface area (Å²) in [4.78, 5) is 36.5. The molecular formula is C32H44N4O4. The summed E-state index contributed by atoms with van der Waals surface area (Å²) in [5, 5.41) is 9.10. The molecule has 1 aliphatic carbocycles. The van der Waals surface area contributed by atoms with Gasteiger partial charge in [0.05, 0.1) is 11.6 Å². The Morgan fingerprint density at radius 2 is 1.73 bits per heavy atom. The third-order valence-electron chi connectivity index (χ3n) is 8.82. The smallest absolute Gasteiger partial charge is 0.335 e. The van der Waals surface area contributed by atoms with Crippen LogP contribution in [0.25, 0.3) is 0 Å². The van der Waals surface area contributed by atoms with Crippen LogP contribution in [0.3, 0.4) is 0 Å². The molecule has 8 heteroatoms. The number of carbonyl (C=O) groups excluding carboxylic acids is 1. The van der Waals surface area contributed by atoms with Crippen LogP contribution in [0.5, 0.6) is 11.6 Å². The molecule has 3 fully saturated rings. The van der Waals surface area contributed by atoms with Crippen molar-refractivity contribution >= 4 is 12.0 Å². The summed E-state index contributed by atoms with van der Waals surface area (Å²) < 4.78 is 5.91. The molecule has 40 heavy (non-hydrogen) atoms. The lowest BCUT2D eigenvalue weighted by atomic mass is 9.97. The first-order valence-corrected chi connectivity index (χ1v) is 15.1. The third kappa shape index (κ3) is 6.43. The van der Waals surface area contributed by atoms with E-state index in [1.807, 2.05) is 6.07 Å². The summed E-state index contributed by atoms with van der Waals surface area (Å²) in [7, 11) is 0. The minimum Gasteiger partial charge on any atom is -0.478 e. The van der Waals surface area contributed by atoms with Gasteiger partial charge in [-0.1, -0.05) is 39.7 Å². The molecule has 3 heterocycles. The minimum absolute atomic E-state index is 0.226. The van der Waals surface area contributed by atoms with Gasteiger partial charge < -0.3 is 19.6 Å². The number of aromatic nitrogens is 1. The number of nitrogens with zero attached hydrogens (tertiary/aromatic N) is 4. The quantitative estimate of drug-likeness (QED) is 0.381. The van der Waals surface area contributed by atoms with Crippen molar-refractivity contribution in [2.45, 2.75) is 96.8 Å². The van der Waals surface area contributed by atoms with Gasteiger partial charge in [0.25, 0.3) is 0 Å². The van der Waals surface area contributed by atoms with Crippen molar-refractivity contribution < 1.29 is 19.4 Å². The Morgan fingerprint density at radius 3 is 2.35 bits per heavy atom. The van der Waals surface area contributed by atoms with E-state index in [9.17, 15) is 9.59 Å². The van der Waals surface area contributed by atoms with Gasteiger partial charge in [-0.2, -0.15) is 0 Å². The van der Waals surface area contributed by atoms with E-state index in [2.05, 4.69) is 41.5 Å². The fourth-order valence-electron chi connectivity index (χ4n) is 6.81. The SMILES string of the molecule is CCc1nc(Oc2ccc(C(=O)O)cc2)ccc1CN1CCC(N2C(=O)N(C3CCCC3)C[C@H]2CC(C)C)CC1. The van der Waals surface area contributed by atoms with E-state index in [4.69, 9.17) is 14.8 Å². The standard InChI is InChI=1S/C32H44N4O4/c1-4-29-24(11-14-30(33-29)40-28-12-9-23(10-13-28)31(37)38)20-34-17-15-26(16-18-34)36-27(19-22(2)3)21-35(32(36)39)25-7-5-6-8-25/h9-14,22,25-27H,4-8,15-21H2,1-3H3,(H,37,38)/t27-/m1/s1. The molecule has 1 N–H and O–H groups in total. The van der Waals surface area contributed by atoms with E-state index in [1.165, 1.54) is 43.4 Å². The van der Waals surface area contributed by atoms with Crippen molar-refractivity contribution in [3.63, 3.8) is 0 Å². The van der Waals surface area contributed by atoms with Gasteiger partial charge in [-0.05, 0) is 74.3 Å². The second kappa shape index (κ2) is 12.6.